The first-order chi connectivity index (χ1) is 30.1. The molecule has 10 rings (SSSR count). The Kier molecular flexibility index (Phi) is 11.9. The summed E-state index contributed by atoms with van der Waals surface area (Å²) in [5.74, 6) is 3.50. The molecule has 0 spiro atoms. The fourth-order valence-corrected chi connectivity index (χ4v) is 9.16. The fourth-order valence-electron chi connectivity index (χ4n) is 9.16. The van der Waals surface area contributed by atoms with Crippen LogP contribution in [-0.4, -0.2) is 43.3 Å². The molecule has 2 aliphatic carbocycles. The zero-order chi connectivity index (χ0) is 41.5. The van der Waals surface area contributed by atoms with E-state index >= 15 is 0 Å². The third-order valence-corrected chi connectivity index (χ3v) is 12.4. The number of aromatic nitrogens is 6. The van der Waals surface area contributed by atoms with E-state index in [4.69, 9.17) is 19.4 Å². The SMILES string of the molecule is COc1ccc(-c2cc3c(NCc4ccccc4)ncnc3n2C2CCCC2)cc1.COc1ccc(-c2cc3c(N[C@H](C)c4ccccc4)ncnc3n2C2CCCC2)cc1. The number of ether oxygens (including phenoxy) is 2. The van der Waals surface area contributed by atoms with Gasteiger partial charge in [-0.3, -0.25) is 0 Å². The number of methoxy groups -OCH3 is 2. The lowest BCUT2D eigenvalue weighted by Gasteiger charge is -2.18. The van der Waals surface area contributed by atoms with E-state index in [1.54, 1.807) is 26.9 Å². The molecule has 0 bridgehead atoms. The molecular weight excluding hydrogens is 757 g/mol. The second-order valence-electron chi connectivity index (χ2n) is 16.2. The number of hydrogen-bond donors (Lipinski definition) is 2. The minimum atomic E-state index is 0.151. The summed E-state index contributed by atoms with van der Waals surface area (Å²) >= 11 is 0. The zero-order valence-corrected chi connectivity index (χ0v) is 35.3. The molecule has 0 unspecified atom stereocenters. The molecule has 10 nitrogen and oxygen atoms in total. The minimum absolute atomic E-state index is 0.151. The number of benzene rings is 4. The van der Waals surface area contributed by atoms with Crippen LogP contribution >= 0.6 is 0 Å². The summed E-state index contributed by atoms with van der Waals surface area (Å²) in [7, 11) is 3.40. The number of fused-ring (bicyclic) bond motifs is 2. The summed E-state index contributed by atoms with van der Waals surface area (Å²) in [6.07, 6.45) is 13.2. The monoisotopic (exact) mass is 810 g/mol. The van der Waals surface area contributed by atoms with Crippen LogP contribution in [0.1, 0.15) is 87.5 Å². The first-order valence-electron chi connectivity index (χ1n) is 21.7. The van der Waals surface area contributed by atoms with E-state index < -0.39 is 0 Å². The van der Waals surface area contributed by atoms with Crippen LogP contribution in [-0.2, 0) is 6.54 Å². The summed E-state index contributed by atoms with van der Waals surface area (Å²) in [4.78, 5) is 18.6. The Morgan fingerprint density at radius 2 is 1.03 bits per heavy atom. The van der Waals surface area contributed by atoms with Crippen molar-refractivity contribution >= 4 is 33.7 Å². The molecule has 2 N–H and O–H groups in total. The van der Waals surface area contributed by atoms with Crippen LogP contribution in [0, 0.1) is 0 Å². The highest BCUT2D eigenvalue weighted by molar-refractivity contribution is 5.93. The first-order valence-corrected chi connectivity index (χ1v) is 21.7. The molecule has 2 aliphatic rings. The highest BCUT2D eigenvalue weighted by Crippen LogP contribution is 2.41. The Hall–Kier alpha value is -6.68. The molecule has 4 aromatic carbocycles. The number of nitrogens with zero attached hydrogens (tertiary/aromatic N) is 6. The van der Waals surface area contributed by atoms with Gasteiger partial charge in [0.15, 0.2) is 0 Å². The summed E-state index contributed by atoms with van der Waals surface area (Å²) in [5.41, 5.74) is 9.23. The van der Waals surface area contributed by atoms with Crippen LogP contribution < -0.4 is 20.1 Å². The van der Waals surface area contributed by atoms with Crippen molar-refractivity contribution in [3.8, 4) is 34.0 Å². The van der Waals surface area contributed by atoms with E-state index in [9.17, 15) is 0 Å². The van der Waals surface area contributed by atoms with E-state index in [2.05, 4.69) is 122 Å². The van der Waals surface area contributed by atoms with E-state index in [1.807, 2.05) is 36.4 Å². The molecule has 61 heavy (non-hydrogen) atoms. The van der Waals surface area contributed by atoms with Gasteiger partial charge >= 0.3 is 0 Å². The van der Waals surface area contributed by atoms with Gasteiger partial charge in [0.05, 0.1) is 36.4 Å². The maximum atomic E-state index is 5.36. The van der Waals surface area contributed by atoms with Crippen molar-refractivity contribution in [1.29, 1.82) is 0 Å². The zero-order valence-electron chi connectivity index (χ0n) is 35.3. The standard InChI is InChI=1S/C26H28N4O.C25H26N4O/c1-18(19-8-4-3-5-9-19)29-25-23-16-24(20-12-14-22(31-2)15-13-20)30(21-10-6-7-11-21)26(23)28-17-27-25;1-30-21-13-11-19(12-14-21)23-15-22-24(26-16-18-7-3-2-4-8-18)27-17-28-25(22)29(23)20-9-5-6-10-20/h3-5,8-9,12-18,21H,6-7,10-11H2,1-2H3,(H,27,28,29);2-4,7-8,11-15,17,20H,5-6,9-10,16H2,1H3,(H,26,27,28)/t18-;/m1./s1. The van der Waals surface area contributed by atoms with Gasteiger partial charge in [-0.05, 0) is 116 Å². The van der Waals surface area contributed by atoms with Crippen molar-refractivity contribution < 1.29 is 9.47 Å². The maximum Gasteiger partial charge on any atom is 0.146 e. The van der Waals surface area contributed by atoms with Gasteiger partial charge in [0, 0.05) is 24.7 Å². The van der Waals surface area contributed by atoms with Crippen molar-refractivity contribution in [2.45, 2.75) is 83.0 Å². The Labute approximate surface area is 358 Å². The van der Waals surface area contributed by atoms with Crippen LogP contribution in [0.5, 0.6) is 11.5 Å². The average Bonchev–Trinajstić information content (AvgIpc) is 4.16. The van der Waals surface area contributed by atoms with Gasteiger partial charge < -0.3 is 29.2 Å². The summed E-state index contributed by atoms with van der Waals surface area (Å²) in [6.45, 7) is 2.90. The third kappa shape index (κ3) is 8.53. The summed E-state index contributed by atoms with van der Waals surface area (Å²) in [6, 6.07) is 43.1. The molecule has 0 radical (unpaired) electrons. The predicted molar refractivity (Wildman–Crippen MR) is 246 cm³/mol. The molecule has 0 amide bonds. The van der Waals surface area contributed by atoms with E-state index in [1.165, 1.54) is 85.0 Å². The summed E-state index contributed by atoms with van der Waals surface area (Å²) in [5, 5.41) is 9.29. The normalized spacial score (nSPS) is 14.8. The van der Waals surface area contributed by atoms with Gasteiger partial charge in [0.1, 0.15) is 47.1 Å². The Balaban J connectivity index is 0.000000156. The first kappa shape index (κ1) is 39.8. The smallest absolute Gasteiger partial charge is 0.146 e. The predicted octanol–water partition coefficient (Wildman–Crippen LogP) is 12.2. The molecule has 4 heterocycles. The number of hydrogen-bond acceptors (Lipinski definition) is 8. The van der Waals surface area contributed by atoms with Crippen LogP contribution in [0.15, 0.2) is 134 Å². The Morgan fingerprint density at radius 1 is 0.574 bits per heavy atom. The molecule has 2 fully saturated rings. The molecule has 2 saturated carbocycles. The van der Waals surface area contributed by atoms with Crippen LogP contribution in [0.3, 0.4) is 0 Å². The molecule has 0 saturated heterocycles. The maximum absolute atomic E-state index is 5.36. The number of rotatable bonds is 12. The van der Waals surface area contributed by atoms with Gasteiger partial charge in [0.2, 0.25) is 0 Å². The lowest BCUT2D eigenvalue weighted by molar-refractivity contribution is 0.414. The van der Waals surface area contributed by atoms with Crippen LogP contribution in [0.25, 0.3) is 44.6 Å². The molecule has 8 aromatic rings. The molecular formula is C51H54N8O2. The largest absolute Gasteiger partial charge is 0.497 e. The fraction of sp³-hybridized carbons (Fsp3) is 0.294. The Morgan fingerprint density at radius 3 is 1.52 bits per heavy atom. The number of anilines is 2. The van der Waals surface area contributed by atoms with Gasteiger partial charge in [-0.25, -0.2) is 19.9 Å². The van der Waals surface area contributed by atoms with Crippen molar-refractivity contribution in [3.05, 3.63) is 145 Å². The van der Waals surface area contributed by atoms with E-state index in [0.717, 1.165) is 51.7 Å². The third-order valence-electron chi connectivity index (χ3n) is 12.4. The van der Waals surface area contributed by atoms with Crippen molar-refractivity contribution in [3.63, 3.8) is 0 Å². The second-order valence-corrected chi connectivity index (χ2v) is 16.2. The van der Waals surface area contributed by atoms with Gasteiger partial charge in [0.25, 0.3) is 0 Å². The van der Waals surface area contributed by atoms with E-state index in [-0.39, 0.29) is 6.04 Å². The molecule has 4 aromatic heterocycles. The quantitative estimate of drug-likeness (QED) is 0.126. The van der Waals surface area contributed by atoms with E-state index in [0.29, 0.717) is 12.1 Å². The van der Waals surface area contributed by atoms with Gasteiger partial charge in [-0.1, -0.05) is 86.3 Å². The topological polar surface area (TPSA) is 104 Å². The van der Waals surface area contributed by atoms with Gasteiger partial charge in [-0.15, -0.1) is 0 Å². The molecule has 10 heteroatoms. The highest BCUT2D eigenvalue weighted by atomic mass is 16.5. The van der Waals surface area contributed by atoms with Gasteiger partial charge in [-0.2, -0.15) is 0 Å². The van der Waals surface area contributed by atoms with Crippen molar-refractivity contribution in [2.75, 3.05) is 24.9 Å². The lowest BCUT2D eigenvalue weighted by atomic mass is 10.1. The lowest BCUT2D eigenvalue weighted by Crippen LogP contribution is -2.10. The average molecular weight is 811 g/mol. The number of nitrogens with one attached hydrogen (secondary N) is 2. The second kappa shape index (κ2) is 18.3. The van der Waals surface area contributed by atoms with Crippen LogP contribution in [0.4, 0.5) is 11.6 Å². The minimum Gasteiger partial charge on any atom is -0.497 e. The van der Waals surface area contributed by atoms with Crippen molar-refractivity contribution in [2.24, 2.45) is 0 Å². The summed E-state index contributed by atoms with van der Waals surface area (Å²) < 4.78 is 15.6. The Bertz CT molecular complexity index is 2660. The van der Waals surface area contributed by atoms with Crippen molar-refractivity contribution in [1.82, 2.24) is 29.1 Å². The molecule has 1 atom stereocenters. The molecule has 0 aliphatic heterocycles. The van der Waals surface area contributed by atoms with Crippen LogP contribution in [0.2, 0.25) is 0 Å². The molecule has 310 valence electrons. The highest BCUT2D eigenvalue weighted by Gasteiger charge is 2.26.